The predicted octanol–water partition coefficient (Wildman–Crippen LogP) is -0.119. The summed E-state index contributed by atoms with van der Waals surface area (Å²) in [5, 5.41) is 5.01. The van der Waals surface area contributed by atoms with Crippen molar-refractivity contribution in [3.8, 4) is 0 Å². The van der Waals surface area contributed by atoms with Crippen LogP contribution < -0.4 is 10.5 Å². The normalized spacial score (nSPS) is 22.4. The maximum absolute atomic E-state index is 11.8. The highest BCUT2D eigenvalue weighted by Gasteiger charge is 2.20. The van der Waals surface area contributed by atoms with Gasteiger partial charge in [0.05, 0.1) is 10.4 Å². The fourth-order valence-corrected chi connectivity index (χ4v) is 3.74. The van der Waals surface area contributed by atoms with Gasteiger partial charge in [-0.05, 0) is 18.6 Å². The Morgan fingerprint density at radius 2 is 2.11 bits per heavy atom. The molecule has 0 amide bonds. The van der Waals surface area contributed by atoms with Crippen molar-refractivity contribution in [1.82, 2.24) is 0 Å². The maximum Gasteiger partial charge on any atom is 0.239 e. The number of sulfonamides is 1. The Bertz CT molecular complexity index is 882. The summed E-state index contributed by atoms with van der Waals surface area (Å²) in [6.07, 6.45) is 0.935. The molecule has 7 nitrogen and oxygen atoms in total. The average molecular weight is 310 g/mol. The molecule has 18 heavy (non-hydrogen) atoms. The fourth-order valence-electron chi connectivity index (χ4n) is 1.50. The summed E-state index contributed by atoms with van der Waals surface area (Å²) in [6, 6.07) is 0.933. The minimum Gasteiger partial charge on any atom is -0.296 e. The van der Waals surface area contributed by atoms with Crippen molar-refractivity contribution in [2.24, 2.45) is 14.5 Å². The number of hydrogen-bond donors (Lipinski definition) is 2. The zero-order valence-corrected chi connectivity index (χ0v) is 11.4. The minimum atomic E-state index is -4.10. The third-order valence-corrected chi connectivity index (χ3v) is 5.16. The monoisotopic (exact) mass is 309 g/mol. The summed E-state index contributed by atoms with van der Waals surface area (Å²) >= 11 is 5.87. The SMILES string of the molecule is Cc1c(Cl)c(S(N)(=O)=O)cc2c1=NC=NS=2(=O)O. The van der Waals surface area contributed by atoms with E-state index >= 15 is 0 Å². The number of halogens is 1. The summed E-state index contributed by atoms with van der Waals surface area (Å²) < 4.78 is 47.2. The van der Waals surface area contributed by atoms with Crippen LogP contribution in [-0.2, 0) is 20.0 Å². The molecule has 0 saturated heterocycles. The summed E-state index contributed by atoms with van der Waals surface area (Å²) in [6.45, 7) is 1.48. The van der Waals surface area contributed by atoms with Crippen molar-refractivity contribution in [3.05, 3.63) is 26.5 Å². The number of nitrogens with zero attached hydrogens (tertiary/aromatic N) is 2. The highest BCUT2D eigenvalue weighted by Crippen LogP contribution is 2.22. The molecule has 1 heterocycles. The van der Waals surface area contributed by atoms with E-state index in [0.29, 0.717) is 0 Å². The van der Waals surface area contributed by atoms with Gasteiger partial charge in [0.1, 0.15) is 15.7 Å². The van der Waals surface area contributed by atoms with Gasteiger partial charge in [-0.25, -0.2) is 22.8 Å². The highest BCUT2D eigenvalue weighted by atomic mass is 35.5. The highest BCUT2D eigenvalue weighted by molar-refractivity contribution is 7.89. The molecule has 1 aliphatic rings. The zero-order chi connectivity index (χ0) is 13.7. The number of hydrogen-bond acceptors (Lipinski definition) is 4. The lowest BCUT2D eigenvalue weighted by atomic mass is 10.2. The maximum atomic E-state index is 11.8. The third-order valence-electron chi connectivity index (χ3n) is 2.37. The van der Waals surface area contributed by atoms with Gasteiger partial charge in [-0.2, -0.15) is 4.40 Å². The van der Waals surface area contributed by atoms with Gasteiger partial charge >= 0.3 is 0 Å². The molecule has 98 valence electrons. The summed E-state index contributed by atoms with van der Waals surface area (Å²) in [7, 11) is -7.82. The molecule has 1 aromatic carbocycles. The van der Waals surface area contributed by atoms with Crippen LogP contribution in [0.1, 0.15) is 5.56 Å². The van der Waals surface area contributed by atoms with E-state index in [1.165, 1.54) is 6.92 Å². The molecule has 0 saturated carbocycles. The van der Waals surface area contributed by atoms with Crippen molar-refractivity contribution in [2.75, 3.05) is 0 Å². The first-order valence-corrected chi connectivity index (χ1v) is 7.91. The van der Waals surface area contributed by atoms with E-state index in [2.05, 4.69) is 9.39 Å². The van der Waals surface area contributed by atoms with E-state index in [-0.39, 0.29) is 20.5 Å². The molecule has 0 fully saturated rings. The van der Waals surface area contributed by atoms with Crippen LogP contribution in [0.25, 0.3) is 0 Å². The topological polar surface area (TPSA) is 122 Å². The number of nitrogens with two attached hydrogens (primary N) is 1. The Kier molecular flexibility index (Phi) is 2.98. The van der Waals surface area contributed by atoms with Gasteiger partial charge in [0.15, 0.2) is 9.99 Å². The molecule has 1 atom stereocenters. The Balaban J connectivity index is 3.20. The lowest BCUT2D eigenvalue weighted by molar-refractivity contribution is 0.557. The van der Waals surface area contributed by atoms with Crippen LogP contribution in [0.5, 0.6) is 0 Å². The van der Waals surface area contributed by atoms with Crippen LogP contribution in [-0.4, -0.2) is 23.5 Å². The molecule has 0 radical (unpaired) electrons. The predicted molar refractivity (Wildman–Crippen MR) is 66.8 cm³/mol. The Labute approximate surface area is 108 Å². The second-order valence-corrected chi connectivity index (χ2v) is 7.10. The van der Waals surface area contributed by atoms with Crippen LogP contribution >= 0.6 is 11.6 Å². The van der Waals surface area contributed by atoms with Gasteiger partial charge in [0.2, 0.25) is 10.0 Å². The average Bonchev–Trinajstić information content (AvgIpc) is 2.21. The molecule has 1 unspecified atom stereocenters. The Morgan fingerprint density at radius 1 is 1.50 bits per heavy atom. The van der Waals surface area contributed by atoms with Crippen LogP contribution in [0.2, 0.25) is 5.02 Å². The lowest BCUT2D eigenvalue weighted by Gasteiger charge is -2.08. The number of primary sulfonamides is 1. The van der Waals surface area contributed by atoms with Crippen molar-refractivity contribution >= 4 is 38.0 Å². The van der Waals surface area contributed by atoms with Gasteiger partial charge < -0.3 is 0 Å². The lowest BCUT2D eigenvalue weighted by Crippen LogP contribution is -2.22. The smallest absolute Gasteiger partial charge is 0.239 e. The van der Waals surface area contributed by atoms with E-state index in [4.69, 9.17) is 16.7 Å². The van der Waals surface area contributed by atoms with Gasteiger partial charge in [-0.3, -0.25) is 4.55 Å². The van der Waals surface area contributed by atoms with Gasteiger partial charge in [-0.1, -0.05) is 11.6 Å². The van der Waals surface area contributed by atoms with E-state index in [1.54, 1.807) is 0 Å². The van der Waals surface area contributed by atoms with Crippen LogP contribution in [0, 0.1) is 11.4 Å². The first-order valence-electron chi connectivity index (χ1n) is 4.52. The first kappa shape index (κ1) is 13.4. The molecule has 0 aliphatic carbocycles. The fraction of sp³-hybridized carbons (Fsp3) is 0.125. The number of fused-ring (bicyclic) bond motifs is 1. The van der Waals surface area contributed by atoms with E-state index < -0.39 is 24.9 Å². The first-order chi connectivity index (χ1) is 8.14. The standard InChI is InChI=1S/C8H8ClN3O4S2/c1-4-7(9)5(17(10,13)14)2-6-8(4)11-3-12-18(6,15)16/h2-3H,1H3,(H2,10,13,14)(H,11,12,15,16). The van der Waals surface area contributed by atoms with Crippen LogP contribution in [0.3, 0.4) is 0 Å². The molecule has 1 aromatic rings. The van der Waals surface area contributed by atoms with E-state index in [9.17, 15) is 17.2 Å². The van der Waals surface area contributed by atoms with Gasteiger partial charge in [-0.15, -0.1) is 0 Å². The quantitative estimate of drug-likeness (QED) is 0.702. The molecule has 2 rings (SSSR count). The zero-order valence-electron chi connectivity index (χ0n) is 8.99. The molecular formula is C8H8ClN3O4S2. The Hall–Kier alpha value is -1.00. The molecule has 0 aromatic heterocycles. The summed E-state index contributed by atoms with van der Waals surface area (Å²) in [5.74, 6) is 0. The van der Waals surface area contributed by atoms with E-state index in [1.807, 2.05) is 0 Å². The van der Waals surface area contributed by atoms with Crippen LogP contribution in [0.4, 0.5) is 0 Å². The van der Waals surface area contributed by atoms with Gasteiger partial charge in [0, 0.05) is 0 Å². The summed E-state index contributed by atoms with van der Waals surface area (Å²) in [4.78, 5) is 3.40. The third kappa shape index (κ3) is 2.04. The van der Waals surface area contributed by atoms with Crippen molar-refractivity contribution in [1.29, 1.82) is 0 Å². The van der Waals surface area contributed by atoms with E-state index in [0.717, 1.165) is 12.4 Å². The second-order valence-electron chi connectivity index (χ2n) is 3.55. The molecule has 0 bridgehead atoms. The van der Waals surface area contributed by atoms with Gasteiger partial charge in [0.25, 0.3) is 0 Å². The molecule has 10 heteroatoms. The second kappa shape index (κ2) is 4.00. The van der Waals surface area contributed by atoms with Crippen molar-refractivity contribution < 1.29 is 17.2 Å². The molecule has 3 N–H and O–H groups in total. The minimum absolute atomic E-state index is 0.120. The molecule has 1 aliphatic heterocycles. The summed E-state index contributed by atoms with van der Waals surface area (Å²) in [5.41, 5.74) is 0.256. The number of benzene rings is 1. The number of rotatable bonds is 1. The van der Waals surface area contributed by atoms with Crippen LogP contribution in [0.15, 0.2) is 20.4 Å². The Morgan fingerprint density at radius 3 is 2.67 bits per heavy atom. The molecular weight excluding hydrogens is 302 g/mol. The molecule has 0 spiro atoms. The largest absolute Gasteiger partial charge is 0.296 e. The van der Waals surface area contributed by atoms with Crippen molar-refractivity contribution in [3.63, 3.8) is 0 Å². The van der Waals surface area contributed by atoms with Crippen molar-refractivity contribution in [2.45, 2.75) is 11.8 Å².